The van der Waals surface area contributed by atoms with Crippen molar-refractivity contribution in [2.75, 3.05) is 20.3 Å². The third kappa shape index (κ3) is 3.76. The molecule has 1 aliphatic heterocycles. The van der Waals surface area contributed by atoms with Gasteiger partial charge in [0.25, 0.3) is 5.88 Å². The van der Waals surface area contributed by atoms with E-state index in [9.17, 15) is 0 Å². The van der Waals surface area contributed by atoms with Crippen LogP contribution in [-0.2, 0) is 4.74 Å². The third-order valence-electron chi connectivity index (χ3n) is 3.83. The van der Waals surface area contributed by atoms with Crippen molar-refractivity contribution < 1.29 is 18.9 Å². The van der Waals surface area contributed by atoms with Gasteiger partial charge in [0.15, 0.2) is 11.5 Å². The molecule has 0 bridgehead atoms. The molecule has 1 aromatic heterocycles. The lowest BCUT2D eigenvalue weighted by Crippen LogP contribution is -2.17. The molecule has 1 atom stereocenters. The van der Waals surface area contributed by atoms with E-state index in [4.69, 9.17) is 18.9 Å². The van der Waals surface area contributed by atoms with E-state index >= 15 is 0 Å². The van der Waals surface area contributed by atoms with Gasteiger partial charge in [0.2, 0.25) is 5.75 Å². The molecule has 1 aliphatic rings. The highest BCUT2D eigenvalue weighted by Crippen LogP contribution is 2.37. The highest BCUT2D eigenvalue weighted by atomic mass is 16.6. The summed E-state index contributed by atoms with van der Waals surface area (Å²) >= 11 is 0. The Morgan fingerprint density at radius 1 is 1.17 bits per heavy atom. The quantitative estimate of drug-likeness (QED) is 0.808. The Morgan fingerprint density at radius 3 is 2.67 bits per heavy atom. The molecule has 0 N–H and O–H groups in total. The molecule has 3 rings (SSSR count). The van der Waals surface area contributed by atoms with Crippen LogP contribution in [0.25, 0.3) is 0 Å². The summed E-state index contributed by atoms with van der Waals surface area (Å²) in [5, 5.41) is 0. The minimum absolute atomic E-state index is 0.111. The SMILES string of the molecule is COc1ccccc1Oc1c(C)nc(C)nc1OCC1CCCO1. The summed E-state index contributed by atoms with van der Waals surface area (Å²) < 4.78 is 22.8. The highest BCUT2D eigenvalue weighted by Gasteiger charge is 2.20. The Hall–Kier alpha value is -2.34. The molecule has 6 heteroatoms. The average molecular weight is 330 g/mol. The van der Waals surface area contributed by atoms with Gasteiger partial charge in [-0.15, -0.1) is 0 Å². The Bertz CT molecular complexity index is 699. The molecule has 24 heavy (non-hydrogen) atoms. The number of hydrogen-bond acceptors (Lipinski definition) is 6. The molecule has 0 saturated carbocycles. The van der Waals surface area contributed by atoms with Crippen molar-refractivity contribution in [2.24, 2.45) is 0 Å². The predicted molar refractivity (Wildman–Crippen MR) is 89.0 cm³/mol. The first-order valence-electron chi connectivity index (χ1n) is 8.08. The van der Waals surface area contributed by atoms with Gasteiger partial charge in [-0.05, 0) is 38.8 Å². The van der Waals surface area contributed by atoms with E-state index in [1.807, 2.05) is 38.1 Å². The van der Waals surface area contributed by atoms with Crippen LogP contribution in [0.3, 0.4) is 0 Å². The number of aryl methyl sites for hydroxylation is 2. The molecule has 6 nitrogen and oxygen atoms in total. The van der Waals surface area contributed by atoms with Gasteiger partial charge in [-0.1, -0.05) is 12.1 Å². The summed E-state index contributed by atoms with van der Waals surface area (Å²) in [5.74, 6) is 2.81. The Kier molecular flexibility index (Phi) is 5.15. The summed E-state index contributed by atoms with van der Waals surface area (Å²) in [7, 11) is 1.61. The fourth-order valence-corrected chi connectivity index (χ4v) is 2.65. The van der Waals surface area contributed by atoms with Crippen LogP contribution in [0.15, 0.2) is 24.3 Å². The molecule has 2 heterocycles. The van der Waals surface area contributed by atoms with E-state index in [1.165, 1.54) is 0 Å². The molecule has 1 fully saturated rings. The largest absolute Gasteiger partial charge is 0.493 e. The molecule has 1 saturated heterocycles. The first kappa shape index (κ1) is 16.5. The first-order valence-corrected chi connectivity index (χ1v) is 8.08. The van der Waals surface area contributed by atoms with Crippen molar-refractivity contribution in [1.82, 2.24) is 9.97 Å². The van der Waals surface area contributed by atoms with Gasteiger partial charge in [0.1, 0.15) is 12.4 Å². The molecule has 0 spiro atoms. The van der Waals surface area contributed by atoms with Crippen LogP contribution >= 0.6 is 0 Å². The van der Waals surface area contributed by atoms with Gasteiger partial charge in [0.05, 0.1) is 18.9 Å². The van der Waals surface area contributed by atoms with Crippen molar-refractivity contribution >= 4 is 0 Å². The summed E-state index contributed by atoms with van der Waals surface area (Å²) in [6.45, 7) is 4.95. The Balaban J connectivity index is 1.85. The number of benzene rings is 1. The number of ether oxygens (including phenoxy) is 4. The van der Waals surface area contributed by atoms with Crippen LogP contribution in [0.5, 0.6) is 23.1 Å². The molecule has 128 valence electrons. The summed E-state index contributed by atoms with van der Waals surface area (Å²) in [5.41, 5.74) is 0.718. The number of methoxy groups -OCH3 is 1. The maximum atomic E-state index is 6.02. The van der Waals surface area contributed by atoms with Crippen molar-refractivity contribution in [2.45, 2.75) is 32.8 Å². The topological polar surface area (TPSA) is 62.7 Å². The van der Waals surface area contributed by atoms with E-state index < -0.39 is 0 Å². The van der Waals surface area contributed by atoms with E-state index in [-0.39, 0.29) is 6.10 Å². The second kappa shape index (κ2) is 7.49. The van der Waals surface area contributed by atoms with Crippen LogP contribution < -0.4 is 14.2 Å². The average Bonchev–Trinajstić information content (AvgIpc) is 3.09. The Labute approximate surface area is 141 Å². The number of nitrogens with zero attached hydrogens (tertiary/aromatic N) is 2. The predicted octanol–water partition coefficient (Wildman–Crippen LogP) is 3.45. The highest BCUT2D eigenvalue weighted by molar-refractivity contribution is 5.46. The van der Waals surface area contributed by atoms with Crippen molar-refractivity contribution in [3.05, 3.63) is 35.8 Å². The van der Waals surface area contributed by atoms with Gasteiger partial charge in [-0.3, -0.25) is 0 Å². The standard InChI is InChI=1S/C18H22N2O4/c1-12-17(24-16-9-5-4-8-15(16)21-3)18(20-13(2)19-12)23-11-14-7-6-10-22-14/h4-5,8-9,14H,6-7,10-11H2,1-3H3. The van der Waals surface area contributed by atoms with E-state index in [0.29, 0.717) is 35.6 Å². The molecule has 0 radical (unpaired) electrons. The van der Waals surface area contributed by atoms with Crippen molar-refractivity contribution in [1.29, 1.82) is 0 Å². The Morgan fingerprint density at radius 2 is 1.96 bits per heavy atom. The van der Waals surface area contributed by atoms with Gasteiger partial charge < -0.3 is 18.9 Å². The van der Waals surface area contributed by atoms with Crippen molar-refractivity contribution in [3.63, 3.8) is 0 Å². The maximum Gasteiger partial charge on any atom is 0.261 e. The second-order valence-corrected chi connectivity index (χ2v) is 5.69. The number of aromatic nitrogens is 2. The summed E-state index contributed by atoms with van der Waals surface area (Å²) in [4.78, 5) is 8.77. The third-order valence-corrected chi connectivity index (χ3v) is 3.83. The molecule has 1 aromatic carbocycles. The molecule has 2 aromatic rings. The fourth-order valence-electron chi connectivity index (χ4n) is 2.65. The summed E-state index contributed by atoms with van der Waals surface area (Å²) in [6.07, 6.45) is 2.19. The van der Waals surface area contributed by atoms with Gasteiger partial charge in [-0.25, -0.2) is 4.98 Å². The van der Waals surface area contributed by atoms with E-state index in [2.05, 4.69) is 9.97 Å². The smallest absolute Gasteiger partial charge is 0.261 e. The molecule has 0 amide bonds. The van der Waals surface area contributed by atoms with Crippen LogP contribution in [0.4, 0.5) is 0 Å². The van der Waals surface area contributed by atoms with Gasteiger partial charge >= 0.3 is 0 Å². The molecular formula is C18H22N2O4. The van der Waals surface area contributed by atoms with E-state index in [1.54, 1.807) is 7.11 Å². The molecule has 0 aliphatic carbocycles. The summed E-state index contributed by atoms with van der Waals surface area (Å²) in [6, 6.07) is 7.45. The minimum Gasteiger partial charge on any atom is -0.493 e. The fraction of sp³-hybridized carbons (Fsp3) is 0.444. The number of para-hydroxylation sites is 2. The van der Waals surface area contributed by atoms with E-state index in [0.717, 1.165) is 25.1 Å². The lowest BCUT2D eigenvalue weighted by atomic mass is 10.2. The van der Waals surface area contributed by atoms with Gasteiger partial charge in [-0.2, -0.15) is 4.98 Å². The second-order valence-electron chi connectivity index (χ2n) is 5.69. The molecular weight excluding hydrogens is 308 g/mol. The lowest BCUT2D eigenvalue weighted by molar-refractivity contribution is 0.0652. The lowest BCUT2D eigenvalue weighted by Gasteiger charge is -2.17. The van der Waals surface area contributed by atoms with Crippen LogP contribution in [0.2, 0.25) is 0 Å². The zero-order valence-electron chi connectivity index (χ0n) is 14.2. The zero-order chi connectivity index (χ0) is 16.9. The molecule has 1 unspecified atom stereocenters. The van der Waals surface area contributed by atoms with Gasteiger partial charge in [0, 0.05) is 6.61 Å². The minimum atomic E-state index is 0.111. The normalized spacial score (nSPS) is 16.9. The van der Waals surface area contributed by atoms with Crippen LogP contribution in [0, 0.1) is 13.8 Å². The van der Waals surface area contributed by atoms with Crippen LogP contribution in [-0.4, -0.2) is 36.4 Å². The van der Waals surface area contributed by atoms with Crippen LogP contribution in [0.1, 0.15) is 24.4 Å². The van der Waals surface area contributed by atoms with Crippen molar-refractivity contribution in [3.8, 4) is 23.1 Å². The number of rotatable bonds is 6. The first-order chi connectivity index (χ1) is 11.7. The number of hydrogen-bond donors (Lipinski definition) is 0. The zero-order valence-corrected chi connectivity index (χ0v) is 14.2. The maximum absolute atomic E-state index is 6.02. The monoisotopic (exact) mass is 330 g/mol.